The van der Waals surface area contributed by atoms with Gasteiger partial charge in [0.15, 0.2) is 0 Å². The molecule has 0 bridgehead atoms. The smallest absolute Gasteiger partial charge is 0.106 e. The molecule has 0 unspecified atom stereocenters. The van der Waals surface area contributed by atoms with Gasteiger partial charge in [-0.25, -0.2) is 4.98 Å². The Hall–Kier alpha value is -0.670. The van der Waals surface area contributed by atoms with Gasteiger partial charge in [-0.15, -0.1) is 0 Å². The van der Waals surface area contributed by atoms with Crippen molar-refractivity contribution in [2.75, 3.05) is 20.1 Å². The number of rotatable bonds is 1. The minimum atomic E-state index is 0.898. The Bertz CT molecular complexity index is 343. The minimum Gasteiger partial charge on any atom is -0.302 e. The van der Waals surface area contributed by atoms with Crippen LogP contribution in [0.1, 0.15) is 12.0 Å². The van der Waals surface area contributed by atoms with Crippen LogP contribution in [-0.2, 0) is 0 Å². The van der Waals surface area contributed by atoms with Crippen LogP contribution in [0.2, 0.25) is 0 Å². The van der Waals surface area contributed by atoms with E-state index in [1.165, 1.54) is 11.1 Å². The molecule has 0 aromatic carbocycles. The largest absolute Gasteiger partial charge is 0.302 e. The fraction of sp³-hybridized carbons (Fsp3) is 0.364. The summed E-state index contributed by atoms with van der Waals surface area (Å²) in [6, 6.07) is 4.11. The first-order chi connectivity index (χ1) is 6.75. The molecule has 0 N–H and O–H groups in total. The van der Waals surface area contributed by atoms with Gasteiger partial charge >= 0.3 is 0 Å². The van der Waals surface area contributed by atoms with E-state index in [9.17, 15) is 0 Å². The molecule has 1 aliphatic rings. The molecule has 0 fully saturated rings. The van der Waals surface area contributed by atoms with Gasteiger partial charge in [0.25, 0.3) is 0 Å². The highest BCUT2D eigenvalue weighted by atomic mass is 79.9. The van der Waals surface area contributed by atoms with Crippen molar-refractivity contribution in [3.8, 4) is 0 Å². The Morgan fingerprint density at radius 2 is 2.29 bits per heavy atom. The summed E-state index contributed by atoms with van der Waals surface area (Å²) < 4.78 is 0.898. The predicted octanol–water partition coefficient (Wildman–Crippen LogP) is 2.56. The quantitative estimate of drug-likeness (QED) is 0.715. The van der Waals surface area contributed by atoms with Crippen LogP contribution >= 0.6 is 15.9 Å². The van der Waals surface area contributed by atoms with E-state index in [2.05, 4.69) is 45.0 Å². The molecule has 1 aromatic rings. The van der Waals surface area contributed by atoms with Crippen molar-refractivity contribution in [3.05, 3.63) is 34.6 Å². The topological polar surface area (TPSA) is 16.1 Å². The summed E-state index contributed by atoms with van der Waals surface area (Å²) in [6.45, 7) is 2.19. The zero-order chi connectivity index (χ0) is 9.97. The van der Waals surface area contributed by atoms with E-state index in [1.807, 2.05) is 12.3 Å². The van der Waals surface area contributed by atoms with Gasteiger partial charge in [0.05, 0.1) is 0 Å². The third kappa shape index (κ3) is 2.22. The lowest BCUT2D eigenvalue weighted by Crippen LogP contribution is -2.23. The van der Waals surface area contributed by atoms with Crippen molar-refractivity contribution in [1.29, 1.82) is 0 Å². The number of pyridine rings is 1. The Kier molecular flexibility index (Phi) is 2.99. The van der Waals surface area contributed by atoms with Crippen molar-refractivity contribution in [1.82, 2.24) is 9.88 Å². The average molecular weight is 253 g/mol. The average Bonchev–Trinajstić information content (AvgIpc) is 2.21. The van der Waals surface area contributed by atoms with Crippen LogP contribution < -0.4 is 0 Å². The molecule has 0 atom stereocenters. The summed E-state index contributed by atoms with van der Waals surface area (Å²) in [6.07, 6.45) is 5.34. The predicted molar refractivity (Wildman–Crippen MR) is 62.0 cm³/mol. The summed E-state index contributed by atoms with van der Waals surface area (Å²) in [7, 11) is 2.15. The van der Waals surface area contributed by atoms with Crippen LogP contribution in [0.5, 0.6) is 0 Å². The normalized spacial score (nSPS) is 18.0. The number of aromatic nitrogens is 1. The molecule has 2 heterocycles. The molecule has 0 saturated heterocycles. The second kappa shape index (κ2) is 4.24. The van der Waals surface area contributed by atoms with E-state index in [4.69, 9.17) is 0 Å². The molecule has 1 aromatic heterocycles. The van der Waals surface area contributed by atoms with E-state index < -0.39 is 0 Å². The number of hydrogen-bond acceptors (Lipinski definition) is 2. The lowest BCUT2D eigenvalue weighted by molar-refractivity contribution is 0.370. The van der Waals surface area contributed by atoms with E-state index in [1.54, 1.807) is 0 Å². The molecular formula is C11H13BrN2. The standard InChI is InChI=1S/C11H13BrN2/c1-14-6-4-9(5-7-14)10-2-3-11(12)13-8-10/h2-4,8H,5-7H2,1H3. The Morgan fingerprint density at radius 3 is 2.86 bits per heavy atom. The lowest BCUT2D eigenvalue weighted by Gasteiger charge is -2.21. The van der Waals surface area contributed by atoms with Gasteiger partial charge in [0, 0.05) is 19.3 Å². The highest BCUT2D eigenvalue weighted by molar-refractivity contribution is 9.10. The molecule has 0 saturated carbocycles. The molecule has 1 aliphatic heterocycles. The summed E-state index contributed by atoms with van der Waals surface area (Å²) in [5.74, 6) is 0. The maximum Gasteiger partial charge on any atom is 0.106 e. The summed E-state index contributed by atoms with van der Waals surface area (Å²) in [4.78, 5) is 6.55. The van der Waals surface area contributed by atoms with Crippen molar-refractivity contribution in [2.45, 2.75) is 6.42 Å². The second-order valence-electron chi connectivity index (χ2n) is 3.61. The molecule has 0 amide bonds. The van der Waals surface area contributed by atoms with Crippen molar-refractivity contribution in [2.24, 2.45) is 0 Å². The van der Waals surface area contributed by atoms with Gasteiger partial charge in [-0.05, 0) is 46.6 Å². The molecule has 74 valence electrons. The Morgan fingerprint density at radius 1 is 1.43 bits per heavy atom. The number of nitrogens with zero attached hydrogens (tertiary/aromatic N) is 2. The van der Waals surface area contributed by atoms with Crippen LogP contribution in [0.25, 0.3) is 5.57 Å². The number of halogens is 1. The van der Waals surface area contributed by atoms with Gasteiger partial charge in [-0.3, -0.25) is 0 Å². The second-order valence-corrected chi connectivity index (χ2v) is 4.42. The number of hydrogen-bond donors (Lipinski definition) is 0. The number of likely N-dealkylation sites (N-methyl/N-ethyl adjacent to an activating group) is 1. The first kappa shape index (κ1) is 9.87. The van der Waals surface area contributed by atoms with Gasteiger partial charge in [-0.1, -0.05) is 12.1 Å². The fourth-order valence-electron chi connectivity index (χ4n) is 1.60. The van der Waals surface area contributed by atoms with Crippen LogP contribution in [-0.4, -0.2) is 30.0 Å². The van der Waals surface area contributed by atoms with Crippen molar-refractivity contribution in [3.63, 3.8) is 0 Å². The van der Waals surface area contributed by atoms with Crippen molar-refractivity contribution >= 4 is 21.5 Å². The maximum absolute atomic E-state index is 4.24. The molecule has 2 rings (SSSR count). The fourth-order valence-corrected chi connectivity index (χ4v) is 1.83. The third-order valence-electron chi connectivity index (χ3n) is 2.51. The van der Waals surface area contributed by atoms with Gasteiger partial charge < -0.3 is 4.90 Å². The first-order valence-corrected chi connectivity index (χ1v) is 5.54. The molecule has 0 radical (unpaired) electrons. The van der Waals surface area contributed by atoms with E-state index >= 15 is 0 Å². The summed E-state index contributed by atoms with van der Waals surface area (Å²) >= 11 is 3.34. The SMILES string of the molecule is CN1CC=C(c2ccc(Br)nc2)CC1. The monoisotopic (exact) mass is 252 g/mol. The molecule has 0 spiro atoms. The Balaban J connectivity index is 2.19. The van der Waals surface area contributed by atoms with E-state index in [0.717, 1.165) is 24.1 Å². The highest BCUT2D eigenvalue weighted by Gasteiger charge is 2.09. The molecule has 2 nitrogen and oxygen atoms in total. The maximum atomic E-state index is 4.24. The van der Waals surface area contributed by atoms with Gasteiger partial charge in [-0.2, -0.15) is 0 Å². The zero-order valence-corrected chi connectivity index (χ0v) is 9.79. The Labute approximate surface area is 92.8 Å². The van der Waals surface area contributed by atoms with Gasteiger partial charge in [0.1, 0.15) is 4.60 Å². The van der Waals surface area contributed by atoms with Gasteiger partial charge in [0.2, 0.25) is 0 Å². The molecular weight excluding hydrogens is 240 g/mol. The lowest BCUT2D eigenvalue weighted by atomic mass is 10.0. The van der Waals surface area contributed by atoms with Crippen molar-refractivity contribution < 1.29 is 0 Å². The first-order valence-electron chi connectivity index (χ1n) is 4.75. The van der Waals surface area contributed by atoms with Crippen LogP contribution in [0.15, 0.2) is 29.0 Å². The zero-order valence-electron chi connectivity index (χ0n) is 8.20. The van der Waals surface area contributed by atoms with Crippen LogP contribution in [0, 0.1) is 0 Å². The summed E-state index contributed by atoms with van der Waals surface area (Å²) in [5.41, 5.74) is 2.67. The van der Waals surface area contributed by atoms with E-state index in [0.29, 0.717) is 0 Å². The van der Waals surface area contributed by atoms with Crippen LogP contribution in [0.3, 0.4) is 0 Å². The summed E-state index contributed by atoms with van der Waals surface area (Å²) in [5, 5.41) is 0. The minimum absolute atomic E-state index is 0.898. The van der Waals surface area contributed by atoms with E-state index in [-0.39, 0.29) is 0 Å². The third-order valence-corrected chi connectivity index (χ3v) is 2.98. The van der Waals surface area contributed by atoms with Crippen LogP contribution in [0.4, 0.5) is 0 Å². The highest BCUT2D eigenvalue weighted by Crippen LogP contribution is 2.21. The molecule has 3 heteroatoms. The molecule has 0 aliphatic carbocycles. The molecule has 14 heavy (non-hydrogen) atoms.